The Morgan fingerprint density at radius 3 is 2.41 bits per heavy atom. The SMILES string of the molecule is CCc1c(-c2ccc(N(C(=N)OC)C(=O)NC)cc2)ccnc1N1CCN(c2cccc(C(=O)NC)c2)C1=O. The minimum atomic E-state index is -0.493. The lowest BCUT2D eigenvalue weighted by Crippen LogP contribution is -2.43. The molecule has 11 heteroatoms. The average molecular weight is 530 g/mol. The van der Waals surface area contributed by atoms with Crippen LogP contribution in [0.5, 0.6) is 0 Å². The zero-order chi connectivity index (χ0) is 28.1. The van der Waals surface area contributed by atoms with Crippen LogP contribution >= 0.6 is 0 Å². The summed E-state index contributed by atoms with van der Waals surface area (Å²) in [6.07, 6.45) is 2.31. The molecule has 39 heavy (non-hydrogen) atoms. The molecule has 2 aromatic carbocycles. The van der Waals surface area contributed by atoms with E-state index >= 15 is 0 Å². The highest BCUT2D eigenvalue weighted by atomic mass is 16.5. The molecule has 5 amide bonds. The Morgan fingerprint density at radius 2 is 1.77 bits per heavy atom. The van der Waals surface area contributed by atoms with Crippen molar-refractivity contribution < 1.29 is 19.1 Å². The van der Waals surface area contributed by atoms with E-state index in [9.17, 15) is 14.4 Å². The molecule has 202 valence electrons. The summed E-state index contributed by atoms with van der Waals surface area (Å²) in [6, 6.07) is 15.1. The van der Waals surface area contributed by atoms with Gasteiger partial charge in [-0.15, -0.1) is 0 Å². The van der Waals surface area contributed by atoms with E-state index in [2.05, 4.69) is 15.6 Å². The first-order valence-electron chi connectivity index (χ1n) is 12.5. The number of anilines is 3. The summed E-state index contributed by atoms with van der Waals surface area (Å²) in [4.78, 5) is 46.9. The number of hydrogen-bond donors (Lipinski definition) is 3. The Kier molecular flexibility index (Phi) is 8.09. The van der Waals surface area contributed by atoms with E-state index in [0.29, 0.717) is 42.3 Å². The maximum Gasteiger partial charge on any atom is 0.330 e. The summed E-state index contributed by atoms with van der Waals surface area (Å²) >= 11 is 0. The molecule has 1 fully saturated rings. The van der Waals surface area contributed by atoms with Crippen LogP contribution in [0.3, 0.4) is 0 Å². The predicted molar refractivity (Wildman–Crippen MR) is 151 cm³/mol. The highest BCUT2D eigenvalue weighted by Crippen LogP contribution is 2.34. The minimum Gasteiger partial charge on any atom is -0.468 e. The summed E-state index contributed by atoms with van der Waals surface area (Å²) < 4.78 is 4.97. The molecule has 1 aromatic heterocycles. The molecule has 2 heterocycles. The fraction of sp³-hybridized carbons (Fsp3) is 0.250. The van der Waals surface area contributed by atoms with Crippen molar-refractivity contribution in [2.75, 3.05) is 49.0 Å². The lowest BCUT2D eigenvalue weighted by atomic mass is 9.98. The summed E-state index contributed by atoms with van der Waals surface area (Å²) in [5.74, 6) is 0.369. The zero-order valence-corrected chi connectivity index (χ0v) is 22.3. The number of rotatable bonds is 6. The highest BCUT2D eigenvalue weighted by Gasteiger charge is 2.33. The van der Waals surface area contributed by atoms with Gasteiger partial charge in [0.05, 0.1) is 12.8 Å². The molecule has 0 saturated carbocycles. The number of ether oxygens (including phenoxy) is 1. The largest absolute Gasteiger partial charge is 0.468 e. The number of aromatic nitrogens is 1. The molecule has 0 bridgehead atoms. The highest BCUT2D eigenvalue weighted by molar-refractivity contribution is 6.12. The molecule has 0 unspecified atom stereocenters. The van der Waals surface area contributed by atoms with Crippen molar-refractivity contribution in [3.8, 4) is 11.1 Å². The number of urea groups is 2. The summed E-state index contributed by atoms with van der Waals surface area (Å²) in [5, 5.41) is 13.1. The van der Waals surface area contributed by atoms with E-state index < -0.39 is 6.03 Å². The zero-order valence-electron chi connectivity index (χ0n) is 22.3. The van der Waals surface area contributed by atoms with Crippen LogP contribution in [0.4, 0.5) is 26.8 Å². The van der Waals surface area contributed by atoms with E-state index in [1.165, 1.54) is 14.2 Å². The number of nitrogens with one attached hydrogen (secondary N) is 3. The van der Waals surface area contributed by atoms with Crippen molar-refractivity contribution >= 4 is 41.2 Å². The monoisotopic (exact) mass is 529 g/mol. The molecule has 11 nitrogen and oxygen atoms in total. The average Bonchev–Trinajstić information content (AvgIpc) is 3.37. The van der Waals surface area contributed by atoms with Gasteiger partial charge >= 0.3 is 12.1 Å². The number of amides is 5. The van der Waals surface area contributed by atoms with Gasteiger partial charge in [-0.25, -0.2) is 19.5 Å². The lowest BCUT2D eigenvalue weighted by Gasteiger charge is -2.23. The molecule has 0 aliphatic carbocycles. The van der Waals surface area contributed by atoms with Gasteiger partial charge in [-0.3, -0.25) is 20.0 Å². The molecule has 0 radical (unpaired) electrons. The molecule has 3 aromatic rings. The Labute approximate surface area is 226 Å². The van der Waals surface area contributed by atoms with E-state index in [1.807, 2.05) is 31.2 Å². The number of hydrogen-bond acceptors (Lipinski definition) is 6. The van der Waals surface area contributed by atoms with Crippen LogP contribution < -0.4 is 25.3 Å². The van der Waals surface area contributed by atoms with Gasteiger partial charge in [-0.1, -0.05) is 25.1 Å². The van der Waals surface area contributed by atoms with Gasteiger partial charge in [0.15, 0.2) is 0 Å². The molecule has 1 aliphatic heterocycles. The van der Waals surface area contributed by atoms with Crippen molar-refractivity contribution in [2.45, 2.75) is 13.3 Å². The van der Waals surface area contributed by atoms with Crippen molar-refractivity contribution in [2.24, 2.45) is 0 Å². The standard InChI is InChI=1S/C28H31N7O4/c1-5-22-23(18-9-11-20(12-10-18)35(26(29)39-4)27(37)31-3)13-14-32-24(22)34-16-15-33(28(34)38)21-8-6-7-19(17-21)25(36)30-2/h6-14,17,29H,5,15-16H2,1-4H3,(H,30,36)(H,31,37). The van der Waals surface area contributed by atoms with E-state index in [1.54, 1.807) is 53.4 Å². The number of methoxy groups -OCH3 is 1. The molecule has 0 spiro atoms. The molecule has 1 saturated heterocycles. The van der Waals surface area contributed by atoms with E-state index in [-0.39, 0.29) is 18.0 Å². The van der Waals surface area contributed by atoms with Gasteiger partial charge in [0.2, 0.25) is 0 Å². The van der Waals surface area contributed by atoms with Gasteiger partial charge in [0.1, 0.15) is 5.82 Å². The number of amidine groups is 1. The normalized spacial score (nSPS) is 12.8. The van der Waals surface area contributed by atoms with Gasteiger partial charge in [-0.05, 0) is 53.9 Å². The predicted octanol–water partition coefficient (Wildman–Crippen LogP) is 3.84. The van der Waals surface area contributed by atoms with Crippen molar-refractivity contribution in [1.82, 2.24) is 15.6 Å². The topological polar surface area (TPSA) is 131 Å². The Balaban J connectivity index is 1.64. The second-order valence-electron chi connectivity index (χ2n) is 8.68. The Hall–Kier alpha value is -4.93. The van der Waals surface area contributed by atoms with Crippen LogP contribution in [-0.4, -0.2) is 63.3 Å². The fourth-order valence-electron chi connectivity index (χ4n) is 4.59. The van der Waals surface area contributed by atoms with E-state index in [0.717, 1.165) is 21.6 Å². The number of carbonyl (C=O) groups excluding carboxylic acids is 3. The first-order valence-corrected chi connectivity index (χ1v) is 12.5. The second-order valence-corrected chi connectivity index (χ2v) is 8.68. The van der Waals surface area contributed by atoms with Gasteiger partial charge in [0, 0.05) is 50.2 Å². The van der Waals surface area contributed by atoms with Crippen molar-refractivity contribution in [1.29, 1.82) is 5.41 Å². The first kappa shape index (κ1) is 27.1. The van der Waals surface area contributed by atoms with Crippen molar-refractivity contribution in [3.63, 3.8) is 0 Å². The molecule has 1 aliphatic rings. The van der Waals surface area contributed by atoms with Gasteiger partial charge < -0.3 is 15.4 Å². The third-order valence-electron chi connectivity index (χ3n) is 6.55. The fourth-order valence-corrected chi connectivity index (χ4v) is 4.59. The van der Waals surface area contributed by atoms with Gasteiger partial charge in [-0.2, -0.15) is 0 Å². The molecular formula is C28H31N7O4. The maximum absolute atomic E-state index is 13.5. The van der Waals surface area contributed by atoms with Gasteiger partial charge in [0.25, 0.3) is 11.9 Å². The third-order valence-corrected chi connectivity index (χ3v) is 6.55. The molecular weight excluding hydrogens is 498 g/mol. The first-order chi connectivity index (χ1) is 18.8. The number of benzene rings is 2. The van der Waals surface area contributed by atoms with Crippen LogP contribution in [0.15, 0.2) is 60.8 Å². The maximum atomic E-state index is 13.5. The molecule has 4 rings (SSSR count). The van der Waals surface area contributed by atoms with Crippen LogP contribution in [0.2, 0.25) is 0 Å². The van der Waals surface area contributed by atoms with Crippen LogP contribution in [-0.2, 0) is 11.2 Å². The Morgan fingerprint density at radius 1 is 1.05 bits per heavy atom. The smallest absolute Gasteiger partial charge is 0.330 e. The third kappa shape index (κ3) is 5.24. The second kappa shape index (κ2) is 11.6. The van der Waals surface area contributed by atoms with Crippen molar-refractivity contribution in [3.05, 3.63) is 71.9 Å². The quantitative estimate of drug-likeness (QED) is 0.330. The molecule has 3 N–H and O–H groups in total. The van der Waals surface area contributed by atoms with Crippen LogP contribution in [0, 0.1) is 5.41 Å². The lowest BCUT2D eigenvalue weighted by molar-refractivity contribution is 0.0963. The summed E-state index contributed by atoms with van der Waals surface area (Å²) in [7, 11) is 4.38. The number of nitrogens with zero attached hydrogens (tertiary/aromatic N) is 4. The summed E-state index contributed by atoms with van der Waals surface area (Å²) in [6.45, 7) is 2.92. The van der Waals surface area contributed by atoms with Crippen LogP contribution in [0.1, 0.15) is 22.8 Å². The molecule has 0 atom stereocenters. The summed E-state index contributed by atoms with van der Waals surface area (Å²) in [5.41, 5.74) is 4.30. The number of pyridine rings is 1. The van der Waals surface area contributed by atoms with E-state index in [4.69, 9.17) is 10.1 Å². The number of carbonyl (C=O) groups is 3. The van der Waals surface area contributed by atoms with Crippen LogP contribution in [0.25, 0.3) is 11.1 Å². The minimum absolute atomic E-state index is 0.210. The Bertz CT molecular complexity index is 1390.